The lowest BCUT2D eigenvalue weighted by molar-refractivity contribution is -0.142. The Bertz CT molecular complexity index is 461. The highest BCUT2D eigenvalue weighted by atomic mass is 16.4. The predicted octanol–water partition coefficient (Wildman–Crippen LogP) is 1.69. The molecule has 1 aliphatic rings. The van der Waals surface area contributed by atoms with Gasteiger partial charge in [-0.15, -0.1) is 0 Å². The van der Waals surface area contributed by atoms with Crippen LogP contribution in [0.4, 0.5) is 0 Å². The number of benzene rings is 1. The number of hydrogen-bond donors (Lipinski definition) is 4. The molecule has 5 heteroatoms. The van der Waals surface area contributed by atoms with E-state index in [0.717, 1.165) is 24.8 Å². The Morgan fingerprint density at radius 2 is 2.05 bits per heavy atom. The van der Waals surface area contributed by atoms with Crippen LogP contribution in [0.3, 0.4) is 0 Å². The number of aromatic hydroxyl groups is 2. The molecule has 1 aromatic rings. The first-order valence-corrected chi connectivity index (χ1v) is 6.52. The van der Waals surface area contributed by atoms with Crippen LogP contribution in [0.2, 0.25) is 0 Å². The zero-order chi connectivity index (χ0) is 13.8. The summed E-state index contributed by atoms with van der Waals surface area (Å²) >= 11 is 0. The van der Waals surface area contributed by atoms with E-state index in [1.807, 2.05) is 0 Å². The quantitative estimate of drug-likeness (QED) is 0.608. The van der Waals surface area contributed by atoms with E-state index in [1.165, 1.54) is 12.1 Å². The van der Waals surface area contributed by atoms with Gasteiger partial charge in [-0.05, 0) is 43.0 Å². The maximum absolute atomic E-state index is 11.0. The minimum Gasteiger partial charge on any atom is -0.504 e. The molecule has 0 aliphatic heterocycles. The zero-order valence-corrected chi connectivity index (χ0v) is 10.7. The van der Waals surface area contributed by atoms with Gasteiger partial charge in [0.1, 0.15) is 0 Å². The lowest BCUT2D eigenvalue weighted by Crippen LogP contribution is -2.28. The van der Waals surface area contributed by atoms with Crippen LogP contribution in [0, 0.1) is 11.8 Å². The summed E-state index contributed by atoms with van der Waals surface area (Å²) in [5.74, 6) is -1.02. The molecule has 0 radical (unpaired) electrons. The molecule has 19 heavy (non-hydrogen) atoms. The summed E-state index contributed by atoms with van der Waals surface area (Å²) in [6.07, 6.45) is 2.69. The van der Waals surface area contributed by atoms with E-state index in [2.05, 4.69) is 5.32 Å². The highest BCUT2D eigenvalue weighted by molar-refractivity contribution is 5.70. The molecule has 5 nitrogen and oxygen atoms in total. The molecule has 0 spiro atoms. The van der Waals surface area contributed by atoms with Crippen LogP contribution < -0.4 is 5.32 Å². The number of carboxylic acid groups (broad SMARTS) is 1. The van der Waals surface area contributed by atoms with Crippen molar-refractivity contribution in [3.05, 3.63) is 23.8 Å². The van der Waals surface area contributed by atoms with Gasteiger partial charge in [0.2, 0.25) is 0 Å². The molecule has 2 rings (SSSR count). The third-order valence-corrected chi connectivity index (χ3v) is 3.75. The molecule has 0 amide bonds. The largest absolute Gasteiger partial charge is 0.504 e. The van der Waals surface area contributed by atoms with Crippen LogP contribution in [-0.4, -0.2) is 27.8 Å². The van der Waals surface area contributed by atoms with Crippen molar-refractivity contribution in [2.24, 2.45) is 11.8 Å². The van der Waals surface area contributed by atoms with Crippen LogP contribution in [0.25, 0.3) is 0 Å². The molecule has 0 aromatic heterocycles. The number of aliphatic carboxylic acids is 1. The van der Waals surface area contributed by atoms with Gasteiger partial charge < -0.3 is 20.6 Å². The van der Waals surface area contributed by atoms with Crippen molar-refractivity contribution < 1.29 is 20.1 Å². The molecule has 2 unspecified atom stereocenters. The van der Waals surface area contributed by atoms with Crippen LogP contribution in [0.5, 0.6) is 11.5 Å². The van der Waals surface area contributed by atoms with Crippen molar-refractivity contribution in [1.82, 2.24) is 5.32 Å². The van der Waals surface area contributed by atoms with E-state index in [-0.39, 0.29) is 23.3 Å². The normalized spacial score (nSPS) is 22.5. The van der Waals surface area contributed by atoms with Crippen molar-refractivity contribution in [1.29, 1.82) is 0 Å². The molecule has 2 atom stereocenters. The molecule has 0 saturated heterocycles. The number of rotatable bonds is 5. The molecular weight excluding hydrogens is 246 g/mol. The van der Waals surface area contributed by atoms with Crippen molar-refractivity contribution in [2.75, 3.05) is 6.54 Å². The molecule has 1 saturated carbocycles. The smallest absolute Gasteiger partial charge is 0.306 e. The second-order valence-electron chi connectivity index (χ2n) is 5.09. The number of nitrogens with one attached hydrogen (secondary N) is 1. The van der Waals surface area contributed by atoms with E-state index in [0.29, 0.717) is 13.1 Å². The fraction of sp³-hybridized carbons (Fsp3) is 0.500. The zero-order valence-electron chi connectivity index (χ0n) is 10.7. The Balaban J connectivity index is 1.83. The van der Waals surface area contributed by atoms with E-state index < -0.39 is 5.97 Å². The van der Waals surface area contributed by atoms with Crippen LogP contribution in [-0.2, 0) is 11.3 Å². The summed E-state index contributed by atoms with van der Waals surface area (Å²) in [6.45, 7) is 1.22. The van der Waals surface area contributed by atoms with Crippen molar-refractivity contribution in [2.45, 2.75) is 25.8 Å². The fourth-order valence-electron chi connectivity index (χ4n) is 2.69. The summed E-state index contributed by atoms with van der Waals surface area (Å²) in [5.41, 5.74) is 0.861. The number of phenolic OH excluding ortho intramolecular Hbond substituents is 2. The second kappa shape index (κ2) is 5.93. The molecule has 1 aromatic carbocycles. The third-order valence-electron chi connectivity index (χ3n) is 3.75. The molecule has 1 fully saturated rings. The maximum atomic E-state index is 11.0. The van der Waals surface area contributed by atoms with E-state index in [4.69, 9.17) is 5.11 Å². The van der Waals surface area contributed by atoms with Crippen LogP contribution in [0.15, 0.2) is 18.2 Å². The Morgan fingerprint density at radius 1 is 1.26 bits per heavy atom. The lowest BCUT2D eigenvalue weighted by atomic mass is 9.96. The average Bonchev–Trinajstić information content (AvgIpc) is 2.82. The summed E-state index contributed by atoms with van der Waals surface area (Å²) in [6, 6.07) is 4.68. The Labute approximate surface area is 111 Å². The number of carboxylic acids is 1. The maximum Gasteiger partial charge on any atom is 0.306 e. The van der Waals surface area contributed by atoms with Gasteiger partial charge in [0.25, 0.3) is 0 Å². The predicted molar refractivity (Wildman–Crippen MR) is 69.9 cm³/mol. The van der Waals surface area contributed by atoms with Crippen LogP contribution in [0.1, 0.15) is 24.8 Å². The molecule has 1 aliphatic carbocycles. The summed E-state index contributed by atoms with van der Waals surface area (Å²) in [4.78, 5) is 11.0. The minimum atomic E-state index is -0.702. The first kappa shape index (κ1) is 13.7. The van der Waals surface area contributed by atoms with Gasteiger partial charge in [0.15, 0.2) is 11.5 Å². The third kappa shape index (κ3) is 3.38. The Kier molecular flexibility index (Phi) is 4.27. The first-order valence-electron chi connectivity index (χ1n) is 6.52. The van der Waals surface area contributed by atoms with Crippen molar-refractivity contribution >= 4 is 5.97 Å². The number of phenols is 2. The van der Waals surface area contributed by atoms with Gasteiger partial charge in [-0.1, -0.05) is 12.5 Å². The highest BCUT2D eigenvalue weighted by Crippen LogP contribution is 2.31. The van der Waals surface area contributed by atoms with Gasteiger partial charge in [-0.2, -0.15) is 0 Å². The minimum absolute atomic E-state index is 0.134. The van der Waals surface area contributed by atoms with Gasteiger partial charge in [-0.25, -0.2) is 0 Å². The molecule has 0 bridgehead atoms. The lowest BCUT2D eigenvalue weighted by Gasteiger charge is -2.16. The van der Waals surface area contributed by atoms with Gasteiger partial charge in [0, 0.05) is 6.54 Å². The average molecular weight is 265 g/mol. The number of hydrogen-bond acceptors (Lipinski definition) is 4. The fourth-order valence-corrected chi connectivity index (χ4v) is 2.69. The van der Waals surface area contributed by atoms with Gasteiger partial charge >= 0.3 is 5.97 Å². The Hall–Kier alpha value is -1.75. The molecule has 4 N–H and O–H groups in total. The van der Waals surface area contributed by atoms with E-state index in [1.54, 1.807) is 6.07 Å². The van der Waals surface area contributed by atoms with Gasteiger partial charge in [-0.3, -0.25) is 4.79 Å². The second-order valence-corrected chi connectivity index (χ2v) is 5.09. The number of carbonyl (C=O) groups is 1. The molecule has 0 heterocycles. The molecule has 104 valence electrons. The monoisotopic (exact) mass is 265 g/mol. The highest BCUT2D eigenvalue weighted by Gasteiger charge is 2.32. The van der Waals surface area contributed by atoms with Crippen molar-refractivity contribution in [3.63, 3.8) is 0 Å². The summed E-state index contributed by atoms with van der Waals surface area (Å²) in [7, 11) is 0. The van der Waals surface area contributed by atoms with E-state index in [9.17, 15) is 15.0 Å². The first-order chi connectivity index (χ1) is 9.08. The van der Waals surface area contributed by atoms with Crippen LogP contribution >= 0.6 is 0 Å². The summed E-state index contributed by atoms with van der Waals surface area (Å²) < 4.78 is 0. The standard InChI is InChI=1S/C14H19NO4/c16-12-5-4-9(6-13(12)17)7-15-8-10-2-1-3-11(10)14(18)19/h4-6,10-11,15-17H,1-3,7-8H2,(H,18,19). The summed E-state index contributed by atoms with van der Waals surface area (Å²) in [5, 5.41) is 30.9. The van der Waals surface area contributed by atoms with Gasteiger partial charge in [0.05, 0.1) is 5.92 Å². The Morgan fingerprint density at radius 3 is 2.74 bits per heavy atom. The topological polar surface area (TPSA) is 89.8 Å². The SMILES string of the molecule is O=C(O)C1CCCC1CNCc1ccc(O)c(O)c1. The van der Waals surface area contributed by atoms with E-state index >= 15 is 0 Å². The molecular formula is C14H19NO4. The van der Waals surface area contributed by atoms with Crippen molar-refractivity contribution in [3.8, 4) is 11.5 Å².